The largest absolute Gasteiger partial charge is 0.481 e. The van der Waals surface area contributed by atoms with Crippen LogP contribution in [-0.4, -0.2) is 38.2 Å². The van der Waals surface area contributed by atoms with E-state index in [0.717, 1.165) is 6.20 Å². The number of methoxy groups -OCH3 is 1. The van der Waals surface area contributed by atoms with Crippen LogP contribution in [0.15, 0.2) is 48.8 Å². The molecule has 0 aliphatic carbocycles. The Morgan fingerprint density at radius 1 is 0.929 bits per heavy atom. The standard InChI is InChI=1S/C18H12F3N5O2/c1-27-14-6-3-11(9-23-14)26-16(12-4-2-10(19)8-22-12)24-13-5-7-15(25-17(13)26)28-18(20)21/h2-9,18H,1H3. The van der Waals surface area contributed by atoms with E-state index in [-0.39, 0.29) is 11.5 Å². The first-order chi connectivity index (χ1) is 13.5. The van der Waals surface area contributed by atoms with E-state index >= 15 is 0 Å². The van der Waals surface area contributed by atoms with E-state index in [9.17, 15) is 13.2 Å². The van der Waals surface area contributed by atoms with Gasteiger partial charge in [0.15, 0.2) is 11.5 Å². The number of hydrogen-bond acceptors (Lipinski definition) is 6. The summed E-state index contributed by atoms with van der Waals surface area (Å²) in [5.41, 5.74) is 1.57. The molecule has 0 saturated heterocycles. The lowest BCUT2D eigenvalue weighted by molar-refractivity contribution is -0.0526. The van der Waals surface area contributed by atoms with Gasteiger partial charge in [-0.2, -0.15) is 13.8 Å². The molecule has 4 aromatic rings. The second-order valence-electron chi connectivity index (χ2n) is 5.56. The van der Waals surface area contributed by atoms with Crippen molar-refractivity contribution < 1.29 is 22.6 Å². The van der Waals surface area contributed by atoms with Crippen LogP contribution in [0.25, 0.3) is 28.4 Å². The van der Waals surface area contributed by atoms with Crippen LogP contribution in [0.3, 0.4) is 0 Å². The number of imidazole rings is 1. The van der Waals surface area contributed by atoms with E-state index in [1.807, 2.05) is 0 Å². The van der Waals surface area contributed by atoms with Gasteiger partial charge < -0.3 is 9.47 Å². The summed E-state index contributed by atoms with van der Waals surface area (Å²) < 4.78 is 49.5. The fourth-order valence-electron chi connectivity index (χ4n) is 2.65. The van der Waals surface area contributed by atoms with Crippen molar-refractivity contribution in [1.29, 1.82) is 0 Å². The number of pyridine rings is 3. The van der Waals surface area contributed by atoms with Crippen LogP contribution in [0.5, 0.6) is 11.8 Å². The number of nitrogens with zero attached hydrogens (tertiary/aromatic N) is 5. The summed E-state index contributed by atoms with van der Waals surface area (Å²) in [4.78, 5) is 16.8. The van der Waals surface area contributed by atoms with Gasteiger partial charge in [-0.1, -0.05) is 0 Å². The highest BCUT2D eigenvalue weighted by molar-refractivity contribution is 5.79. The van der Waals surface area contributed by atoms with Crippen LogP contribution < -0.4 is 9.47 Å². The molecule has 7 nitrogen and oxygen atoms in total. The molecule has 142 valence electrons. The molecule has 0 aliphatic heterocycles. The predicted molar refractivity (Wildman–Crippen MR) is 93.0 cm³/mol. The summed E-state index contributed by atoms with van der Waals surface area (Å²) >= 11 is 0. The topological polar surface area (TPSA) is 75.0 Å². The van der Waals surface area contributed by atoms with Gasteiger partial charge in [-0.3, -0.25) is 4.57 Å². The lowest BCUT2D eigenvalue weighted by atomic mass is 10.3. The monoisotopic (exact) mass is 387 g/mol. The molecule has 0 radical (unpaired) electrons. The highest BCUT2D eigenvalue weighted by Gasteiger charge is 2.18. The average Bonchev–Trinajstić information content (AvgIpc) is 3.07. The van der Waals surface area contributed by atoms with Gasteiger partial charge in [0.25, 0.3) is 0 Å². The summed E-state index contributed by atoms with van der Waals surface area (Å²) in [6, 6.07) is 8.82. The van der Waals surface area contributed by atoms with Gasteiger partial charge in [0.1, 0.15) is 17.0 Å². The second kappa shape index (κ2) is 7.14. The Morgan fingerprint density at radius 2 is 1.75 bits per heavy atom. The van der Waals surface area contributed by atoms with Crippen LogP contribution >= 0.6 is 0 Å². The van der Waals surface area contributed by atoms with E-state index in [2.05, 4.69) is 24.7 Å². The first-order valence-corrected chi connectivity index (χ1v) is 8.02. The minimum absolute atomic E-state index is 0.256. The van der Waals surface area contributed by atoms with Gasteiger partial charge in [0.05, 0.1) is 25.2 Å². The third-order valence-electron chi connectivity index (χ3n) is 3.83. The zero-order valence-corrected chi connectivity index (χ0v) is 14.4. The van der Waals surface area contributed by atoms with Gasteiger partial charge in [0, 0.05) is 12.1 Å². The average molecular weight is 387 g/mol. The molecule has 0 atom stereocenters. The summed E-state index contributed by atoms with van der Waals surface area (Å²) in [7, 11) is 1.48. The van der Waals surface area contributed by atoms with Gasteiger partial charge in [-0.25, -0.2) is 19.3 Å². The number of fused-ring (bicyclic) bond motifs is 1. The van der Waals surface area contributed by atoms with Crippen molar-refractivity contribution in [3.8, 4) is 29.0 Å². The lowest BCUT2D eigenvalue weighted by Gasteiger charge is -2.09. The van der Waals surface area contributed by atoms with Gasteiger partial charge in [-0.05, 0) is 24.3 Å². The van der Waals surface area contributed by atoms with Crippen molar-refractivity contribution in [2.75, 3.05) is 7.11 Å². The van der Waals surface area contributed by atoms with Crippen LogP contribution in [0.2, 0.25) is 0 Å². The first kappa shape index (κ1) is 17.7. The molecule has 28 heavy (non-hydrogen) atoms. The molecule has 0 N–H and O–H groups in total. The zero-order chi connectivity index (χ0) is 19.7. The summed E-state index contributed by atoms with van der Waals surface area (Å²) in [5, 5.41) is 0. The number of ether oxygens (including phenoxy) is 2. The number of aromatic nitrogens is 5. The predicted octanol–water partition coefficient (Wildman–Crippen LogP) is 3.63. The molecule has 0 spiro atoms. The van der Waals surface area contributed by atoms with Crippen LogP contribution in [0.1, 0.15) is 0 Å². The molecule has 4 rings (SSSR count). The molecule has 4 aromatic heterocycles. The van der Waals surface area contributed by atoms with Crippen LogP contribution in [-0.2, 0) is 0 Å². The number of alkyl halides is 2. The molecule has 0 aromatic carbocycles. The summed E-state index contributed by atoms with van der Waals surface area (Å²) in [6.07, 6.45) is 2.57. The van der Waals surface area contributed by atoms with E-state index in [1.54, 1.807) is 16.7 Å². The molecular formula is C18H12F3N5O2. The summed E-state index contributed by atoms with van der Waals surface area (Å²) in [6.45, 7) is -3.01. The second-order valence-corrected chi connectivity index (χ2v) is 5.56. The molecule has 0 bridgehead atoms. The number of halogens is 3. The van der Waals surface area contributed by atoms with Crippen molar-refractivity contribution in [1.82, 2.24) is 24.5 Å². The Kier molecular flexibility index (Phi) is 4.52. The number of hydrogen-bond donors (Lipinski definition) is 0. The quantitative estimate of drug-likeness (QED) is 0.521. The summed E-state index contributed by atoms with van der Waals surface area (Å²) in [5.74, 6) is -0.0278. The Bertz CT molecular complexity index is 1110. The normalized spacial score (nSPS) is 11.2. The third-order valence-corrected chi connectivity index (χ3v) is 3.83. The van der Waals surface area contributed by atoms with E-state index in [4.69, 9.17) is 4.74 Å². The maximum Gasteiger partial charge on any atom is 0.388 e. The van der Waals surface area contributed by atoms with Crippen molar-refractivity contribution in [3.05, 3.63) is 54.6 Å². The maximum absolute atomic E-state index is 13.3. The molecule has 4 heterocycles. The molecule has 0 fully saturated rings. The number of rotatable bonds is 5. The smallest absolute Gasteiger partial charge is 0.388 e. The maximum atomic E-state index is 13.3. The Balaban J connectivity index is 1.94. The van der Waals surface area contributed by atoms with E-state index in [0.29, 0.717) is 28.6 Å². The van der Waals surface area contributed by atoms with Crippen molar-refractivity contribution in [3.63, 3.8) is 0 Å². The molecule has 0 saturated carbocycles. The van der Waals surface area contributed by atoms with Gasteiger partial charge in [-0.15, -0.1) is 0 Å². The lowest BCUT2D eigenvalue weighted by Crippen LogP contribution is -2.05. The minimum atomic E-state index is -3.01. The minimum Gasteiger partial charge on any atom is -0.481 e. The van der Waals surface area contributed by atoms with Crippen LogP contribution in [0, 0.1) is 5.82 Å². The Hall–Kier alpha value is -3.69. The van der Waals surface area contributed by atoms with Gasteiger partial charge in [0.2, 0.25) is 11.8 Å². The fraction of sp³-hybridized carbons (Fsp3) is 0.111. The van der Waals surface area contributed by atoms with Gasteiger partial charge >= 0.3 is 6.61 Å². The Morgan fingerprint density at radius 3 is 2.39 bits per heavy atom. The third kappa shape index (κ3) is 3.31. The van der Waals surface area contributed by atoms with Crippen molar-refractivity contribution >= 4 is 11.2 Å². The zero-order valence-electron chi connectivity index (χ0n) is 14.4. The molecule has 0 amide bonds. The SMILES string of the molecule is COc1ccc(-n2c(-c3ccc(F)cn3)nc3ccc(OC(F)F)nc32)cn1. The Labute approximate surface area is 156 Å². The molecule has 0 unspecified atom stereocenters. The fourth-order valence-corrected chi connectivity index (χ4v) is 2.65. The highest BCUT2D eigenvalue weighted by atomic mass is 19.3. The molecule has 10 heteroatoms. The molecular weight excluding hydrogens is 375 g/mol. The van der Waals surface area contributed by atoms with Crippen molar-refractivity contribution in [2.24, 2.45) is 0 Å². The highest BCUT2D eigenvalue weighted by Crippen LogP contribution is 2.28. The van der Waals surface area contributed by atoms with E-state index < -0.39 is 12.4 Å². The van der Waals surface area contributed by atoms with E-state index in [1.165, 1.54) is 37.6 Å². The molecule has 0 aliphatic rings. The first-order valence-electron chi connectivity index (χ1n) is 8.02. The van der Waals surface area contributed by atoms with Crippen molar-refractivity contribution in [2.45, 2.75) is 6.61 Å². The van der Waals surface area contributed by atoms with Crippen LogP contribution in [0.4, 0.5) is 13.2 Å².